The molecule has 0 aliphatic rings. The molecule has 0 atom stereocenters. The molecule has 0 aliphatic heterocycles. The Balaban J connectivity index is 1.55. The van der Waals surface area contributed by atoms with Crippen molar-refractivity contribution in [3.8, 4) is 5.75 Å². The summed E-state index contributed by atoms with van der Waals surface area (Å²) in [6.45, 7) is 3.19. The second kappa shape index (κ2) is 12.2. The number of anilines is 3. The molecule has 0 bridgehead atoms. The van der Waals surface area contributed by atoms with Gasteiger partial charge in [0.2, 0.25) is 0 Å². The van der Waals surface area contributed by atoms with Crippen molar-refractivity contribution in [2.24, 2.45) is 0 Å². The molecule has 1 amide bonds. The van der Waals surface area contributed by atoms with E-state index in [4.69, 9.17) is 19.4 Å². The Morgan fingerprint density at radius 3 is 2.47 bits per heavy atom. The molecule has 0 aliphatic carbocycles. The van der Waals surface area contributed by atoms with E-state index in [1.807, 2.05) is 67.6 Å². The lowest BCUT2D eigenvalue weighted by Crippen LogP contribution is -2.25. The van der Waals surface area contributed by atoms with Gasteiger partial charge in [0, 0.05) is 42.5 Å². The van der Waals surface area contributed by atoms with E-state index in [2.05, 4.69) is 15.4 Å². The number of carbonyl (C=O) groups is 1. The monoisotopic (exact) mass is 503 g/mol. The Labute approximate surface area is 215 Å². The second-order valence-electron chi connectivity index (χ2n) is 8.05. The van der Waals surface area contributed by atoms with Gasteiger partial charge in [0.1, 0.15) is 5.75 Å². The standard InChI is InChI=1S/C27H29N5O3S/c1-18-12-13-20(35-3)17-24(18)31-25-26(30-23-11-5-4-10-22(23)29-25)32-36-21-9-6-8-19(16-21)27(33)28-14-7-15-34-2/h4-6,8-13,16-17H,7,14-15H2,1-3H3,(H,28,33)(H,29,31)(H,30,32). The van der Waals surface area contributed by atoms with Crippen LogP contribution in [0.5, 0.6) is 5.75 Å². The van der Waals surface area contributed by atoms with Gasteiger partial charge in [-0.25, -0.2) is 9.97 Å². The number of aryl methyl sites for hydroxylation is 1. The predicted octanol–water partition coefficient (Wildman–Crippen LogP) is 5.58. The fourth-order valence-electron chi connectivity index (χ4n) is 3.48. The third-order valence-electron chi connectivity index (χ3n) is 5.44. The van der Waals surface area contributed by atoms with Crippen LogP contribution >= 0.6 is 11.9 Å². The van der Waals surface area contributed by atoms with Crippen LogP contribution in [0, 0.1) is 6.92 Å². The Bertz CT molecular complexity index is 1350. The largest absolute Gasteiger partial charge is 0.497 e. The maximum Gasteiger partial charge on any atom is 0.251 e. The second-order valence-corrected chi connectivity index (χ2v) is 8.93. The van der Waals surface area contributed by atoms with Crippen LogP contribution in [-0.4, -0.2) is 43.2 Å². The zero-order valence-corrected chi connectivity index (χ0v) is 21.3. The lowest BCUT2D eigenvalue weighted by Gasteiger charge is -2.15. The molecule has 36 heavy (non-hydrogen) atoms. The van der Waals surface area contributed by atoms with Crippen LogP contribution in [0.4, 0.5) is 17.3 Å². The molecule has 1 heterocycles. The van der Waals surface area contributed by atoms with Gasteiger partial charge in [-0.15, -0.1) is 0 Å². The van der Waals surface area contributed by atoms with Gasteiger partial charge in [-0.2, -0.15) is 0 Å². The summed E-state index contributed by atoms with van der Waals surface area (Å²) < 4.78 is 13.7. The molecule has 1 aromatic heterocycles. The number of hydrogen-bond donors (Lipinski definition) is 3. The highest BCUT2D eigenvalue weighted by molar-refractivity contribution is 8.00. The van der Waals surface area contributed by atoms with Crippen molar-refractivity contribution in [1.82, 2.24) is 15.3 Å². The fourth-order valence-corrected chi connectivity index (χ4v) is 4.17. The van der Waals surface area contributed by atoms with Crippen LogP contribution in [-0.2, 0) is 4.74 Å². The number of rotatable bonds is 11. The van der Waals surface area contributed by atoms with Gasteiger partial charge in [-0.1, -0.05) is 24.3 Å². The van der Waals surface area contributed by atoms with E-state index in [0.717, 1.165) is 39.4 Å². The molecular formula is C27H29N5O3S. The normalized spacial score (nSPS) is 10.8. The average molecular weight is 504 g/mol. The predicted molar refractivity (Wildman–Crippen MR) is 145 cm³/mol. The van der Waals surface area contributed by atoms with Crippen molar-refractivity contribution in [2.75, 3.05) is 37.4 Å². The van der Waals surface area contributed by atoms with Crippen LogP contribution < -0.4 is 20.1 Å². The summed E-state index contributed by atoms with van der Waals surface area (Å²) in [5.41, 5.74) is 4.07. The van der Waals surface area contributed by atoms with Crippen molar-refractivity contribution in [3.05, 3.63) is 77.9 Å². The number of methoxy groups -OCH3 is 2. The summed E-state index contributed by atoms with van der Waals surface area (Å²) in [7, 11) is 3.29. The topological polar surface area (TPSA) is 97.4 Å². The van der Waals surface area contributed by atoms with Crippen molar-refractivity contribution in [1.29, 1.82) is 0 Å². The number of nitrogens with zero attached hydrogens (tertiary/aromatic N) is 2. The van der Waals surface area contributed by atoms with E-state index in [1.54, 1.807) is 20.3 Å². The van der Waals surface area contributed by atoms with E-state index in [-0.39, 0.29) is 5.91 Å². The first kappa shape index (κ1) is 25.3. The van der Waals surface area contributed by atoms with Gasteiger partial charge in [0.25, 0.3) is 5.91 Å². The van der Waals surface area contributed by atoms with E-state index >= 15 is 0 Å². The first-order valence-corrected chi connectivity index (χ1v) is 12.4. The molecule has 4 rings (SSSR count). The highest BCUT2D eigenvalue weighted by atomic mass is 32.2. The third kappa shape index (κ3) is 6.44. The van der Waals surface area contributed by atoms with Gasteiger partial charge in [-0.3, -0.25) is 4.79 Å². The quantitative estimate of drug-likeness (QED) is 0.180. The molecule has 0 unspecified atom stereocenters. The Morgan fingerprint density at radius 2 is 1.72 bits per heavy atom. The molecule has 3 N–H and O–H groups in total. The van der Waals surface area contributed by atoms with Gasteiger partial charge in [-0.05, 0) is 67.3 Å². The molecule has 4 aromatic rings. The maximum atomic E-state index is 12.5. The number of fused-ring (bicyclic) bond motifs is 1. The minimum atomic E-state index is -0.116. The Kier molecular flexibility index (Phi) is 8.59. The molecule has 8 nitrogen and oxygen atoms in total. The molecule has 0 saturated carbocycles. The molecule has 186 valence electrons. The lowest BCUT2D eigenvalue weighted by atomic mass is 10.2. The minimum absolute atomic E-state index is 0.116. The molecular weight excluding hydrogens is 474 g/mol. The molecule has 0 fully saturated rings. The van der Waals surface area contributed by atoms with E-state index in [0.29, 0.717) is 30.4 Å². The summed E-state index contributed by atoms with van der Waals surface area (Å²) in [6, 6.07) is 21.0. The molecule has 0 radical (unpaired) electrons. The van der Waals surface area contributed by atoms with E-state index in [1.165, 1.54) is 11.9 Å². The summed E-state index contributed by atoms with van der Waals surface area (Å²) in [5, 5.41) is 6.32. The van der Waals surface area contributed by atoms with Crippen LogP contribution in [0.3, 0.4) is 0 Å². The lowest BCUT2D eigenvalue weighted by molar-refractivity contribution is 0.0948. The Hall–Kier alpha value is -3.82. The average Bonchev–Trinajstić information content (AvgIpc) is 2.91. The number of benzene rings is 3. The maximum absolute atomic E-state index is 12.5. The van der Waals surface area contributed by atoms with E-state index in [9.17, 15) is 4.79 Å². The molecule has 0 spiro atoms. The van der Waals surface area contributed by atoms with Gasteiger partial charge in [0.05, 0.1) is 18.1 Å². The minimum Gasteiger partial charge on any atom is -0.497 e. The molecule has 0 saturated heterocycles. The molecule has 9 heteroatoms. The highest BCUT2D eigenvalue weighted by Gasteiger charge is 2.13. The highest BCUT2D eigenvalue weighted by Crippen LogP contribution is 2.31. The van der Waals surface area contributed by atoms with Gasteiger partial charge in [0.15, 0.2) is 11.6 Å². The van der Waals surface area contributed by atoms with Crippen molar-refractivity contribution in [3.63, 3.8) is 0 Å². The SMILES string of the molecule is COCCCNC(=O)c1cccc(SNc2nc3ccccc3nc2Nc2cc(OC)ccc2C)c1. The number of ether oxygens (including phenoxy) is 2. The van der Waals surface area contributed by atoms with Gasteiger partial charge >= 0.3 is 0 Å². The van der Waals surface area contributed by atoms with Crippen molar-refractivity contribution < 1.29 is 14.3 Å². The zero-order chi connectivity index (χ0) is 25.3. The van der Waals surface area contributed by atoms with Crippen LogP contribution in [0.15, 0.2) is 71.6 Å². The number of hydrogen-bond acceptors (Lipinski definition) is 8. The third-order valence-corrected chi connectivity index (χ3v) is 6.23. The van der Waals surface area contributed by atoms with Crippen molar-refractivity contribution in [2.45, 2.75) is 18.2 Å². The van der Waals surface area contributed by atoms with Crippen LogP contribution in [0.1, 0.15) is 22.3 Å². The number of aromatic nitrogens is 2. The van der Waals surface area contributed by atoms with Crippen LogP contribution in [0.25, 0.3) is 11.0 Å². The summed E-state index contributed by atoms with van der Waals surface area (Å²) in [6.07, 6.45) is 0.765. The number of nitrogens with one attached hydrogen (secondary N) is 3. The summed E-state index contributed by atoms with van der Waals surface area (Å²) in [4.78, 5) is 23.0. The Morgan fingerprint density at radius 1 is 0.944 bits per heavy atom. The molecule has 3 aromatic carbocycles. The fraction of sp³-hybridized carbons (Fsp3) is 0.222. The number of amides is 1. The van der Waals surface area contributed by atoms with Crippen molar-refractivity contribution >= 4 is 46.2 Å². The van der Waals surface area contributed by atoms with E-state index < -0.39 is 0 Å². The summed E-state index contributed by atoms with van der Waals surface area (Å²) >= 11 is 1.37. The van der Waals surface area contributed by atoms with Crippen LogP contribution in [0.2, 0.25) is 0 Å². The smallest absolute Gasteiger partial charge is 0.251 e. The number of carbonyl (C=O) groups excluding carboxylic acids is 1. The first-order chi connectivity index (χ1) is 17.6. The first-order valence-electron chi connectivity index (χ1n) is 11.6. The van der Waals surface area contributed by atoms with Gasteiger partial charge < -0.3 is 24.8 Å². The summed E-state index contributed by atoms with van der Waals surface area (Å²) in [5.74, 6) is 1.80. The zero-order valence-electron chi connectivity index (χ0n) is 20.5. The number of para-hydroxylation sites is 2.